The number of guanidine groups is 1. The molecule has 0 spiro atoms. The van der Waals surface area contributed by atoms with Crippen LogP contribution in [0.1, 0.15) is 0 Å². The molecule has 10 heteroatoms. The Balaban J connectivity index is 1.03. The number of para-hydroxylation sites is 4. The van der Waals surface area contributed by atoms with Crippen LogP contribution in [0.2, 0.25) is 0 Å². The Bertz CT molecular complexity index is 2150. The van der Waals surface area contributed by atoms with Crippen molar-refractivity contribution in [2.75, 3.05) is 10.1 Å². The molecular weight excluding hydrogens is 596 g/mol. The van der Waals surface area contributed by atoms with Crippen LogP contribution in [0.3, 0.4) is 0 Å². The summed E-state index contributed by atoms with van der Waals surface area (Å²) in [7, 11) is 0. The minimum atomic E-state index is 0.473. The fourth-order valence-corrected chi connectivity index (χ4v) is 5.18. The molecule has 2 aliphatic carbocycles. The van der Waals surface area contributed by atoms with Gasteiger partial charge in [0.2, 0.25) is 5.96 Å². The van der Waals surface area contributed by atoms with Crippen LogP contribution in [-0.4, -0.2) is 32.5 Å². The SMILES string of the molecule is C1=CC(=C2C=CC(=Nc3nn(-c4ccccc4)n[n+]3-c3ccccc3)C=C2)C=CC1=NC1=NN(c2ccccc2)[N-]N1c1ccccc1. The summed E-state index contributed by atoms with van der Waals surface area (Å²) >= 11 is 0. The van der Waals surface area contributed by atoms with Gasteiger partial charge >= 0.3 is 5.95 Å². The van der Waals surface area contributed by atoms with Crippen molar-refractivity contribution in [3.05, 3.63) is 187 Å². The second kappa shape index (κ2) is 12.9. The second-order valence-electron chi connectivity index (χ2n) is 10.8. The Kier molecular flexibility index (Phi) is 7.71. The Labute approximate surface area is 277 Å². The van der Waals surface area contributed by atoms with Crippen molar-refractivity contribution in [2.45, 2.75) is 0 Å². The molecule has 0 unspecified atom stereocenters. The number of aromatic nitrogens is 4. The van der Waals surface area contributed by atoms with E-state index < -0.39 is 0 Å². The van der Waals surface area contributed by atoms with Crippen molar-refractivity contribution in [2.24, 2.45) is 15.1 Å². The van der Waals surface area contributed by atoms with Gasteiger partial charge in [-0.15, -0.1) is 4.99 Å². The smallest absolute Gasteiger partial charge is 0.440 e. The molecule has 1 aliphatic heterocycles. The van der Waals surface area contributed by atoms with E-state index in [0.29, 0.717) is 11.9 Å². The molecule has 8 rings (SSSR count). The molecule has 4 aromatic carbocycles. The summed E-state index contributed by atoms with van der Waals surface area (Å²) < 4.78 is 1.74. The topological polar surface area (TPSA) is 92.2 Å². The number of hydrazone groups is 1. The van der Waals surface area contributed by atoms with Gasteiger partial charge in [0.15, 0.2) is 0 Å². The van der Waals surface area contributed by atoms with E-state index in [9.17, 15) is 0 Å². The molecule has 3 aliphatic rings. The van der Waals surface area contributed by atoms with Gasteiger partial charge in [0.25, 0.3) is 0 Å². The quantitative estimate of drug-likeness (QED) is 0.195. The van der Waals surface area contributed by atoms with Crippen LogP contribution < -0.4 is 14.8 Å². The maximum absolute atomic E-state index is 4.85. The molecule has 2 heterocycles. The molecule has 1 aromatic heterocycles. The van der Waals surface area contributed by atoms with E-state index in [1.165, 1.54) is 0 Å². The van der Waals surface area contributed by atoms with E-state index >= 15 is 0 Å². The molecule has 5 aromatic rings. The van der Waals surface area contributed by atoms with Crippen LogP contribution in [0, 0.1) is 0 Å². The van der Waals surface area contributed by atoms with Crippen LogP contribution in [0.4, 0.5) is 17.3 Å². The lowest BCUT2D eigenvalue weighted by atomic mass is 9.98. The Morgan fingerprint density at radius 2 is 1.02 bits per heavy atom. The van der Waals surface area contributed by atoms with Crippen molar-refractivity contribution < 1.29 is 4.68 Å². The third kappa shape index (κ3) is 6.06. The number of hydrogen-bond donors (Lipinski definition) is 0. The van der Waals surface area contributed by atoms with Gasteiger partial charge in [0, 0.05) is 16.6 Å². The van der Waals surface area contributed by atoms with Crippen molar-refractivity contribution in [3.8, 4) is 11.4 Å². The highest BCUT2D eigenvalue weighted by Gasteiger charge is 2.22. The Morgan fingerprint density at radius 3 is 1.60 bits per heavy atom. The van der Waals surface area contributed by atoms with E-state index in [0.717, 1.165) is 45.3 Å². The normalized spacial score (nSPS) is 15.4. The highest BCUT2D eigenvalue weighted by Crippen LogP contribution is 2.30. The van der Waals surface area contributed by atoms with Gasteiger partial charge in [-0.1, -0.05) is 102 Å². The number of anilines is 2. The summed E-state index contributed by atoms with van der Waals surface area (Å²) in [4.78, 5) is 11.3. The van der Waals surface area contributed by atoms with Gasteiger partial charge < -0.3 is 15.7 Å². The average molecular weight is 625 g/mol. The summed E-state index contributed by atoms with van der Waals surface area (Å²) in [6.45, 7) is 0. The van der Waals surface area contributed by atoms with Gasteiger partial charge in [-0.25, -0.2) is 4.99 Å². The zero-order valence-corrected chi connectivity index (χ0v) is 25.6. The lowest BCUT2D eigenvalue weighted by Crippen LogP contribution is -2.34. The average Bonchev–Trinajstić information content (AvgIpc) is 3.79. The van der Waals surface area contributed by atoms with Crippen LogP contribution in [0.5, 0.6) is 0 Å². The number of benzene rings is 4. The van der Waals surface area contributed by atoms with Crippen molar-refractivity contribution in [3.63, 3.8) is 0 Å². The van der Waals surface area contributed by atoms with Gasteiger partial charge in [-0.2, -0.15) is 5.10 Å². The van der Waals surface area contributed by atoms with Gasteiger partial charge in [-0.3, -0.25) is 0 Å². The largest absolute Gasteiger partial charge is 0.443 e. The molecule has 0 N–H and O–H groups in total. The maximum atomic E-state index is 4.85. The van der Waals surface area contributed by atoms with Crippen molar-refractivity contribution in [1.82, 2.24) is 15.1 Å². The van der Waals surface area contributed by atoms with E-state index in [1.807, 2.05) is 170 Å². The maximum Gasteiger partial charge on any atom is 0.440 e. The first-order chi connectivity index (χ1) is 23.8. The minimum Gasteiger partial charge on any atom is -0.443 e. The van der Waals surface area contributed by atoms with Crippen LogP contribution >= 0.6 is 0 Å². The summed E-state index contributed by atoms with van der Waals surface area (Å²) in [6, 6.07) is 39.3. The number of aliphatic imine (C=N–C) groups is 2. The van der Waals surface area contributed by atoms with Crippen LogP contribution in [-0.2, 0) is 0 Å². The van der Waals surface area contributed by atoms with Gasteiger partial charge in [-0.05, 0) is 88.8 Å². The number of tetrazole rings is 1. The highest BCUT2D eigenvalue weighted by atomic mass is 15.9. The molecule has 0 bridgehead atoms. The molecule has 10 nitrogen and oxygen atoms in total. The first-order valence-electron chi connectivity index (χ1n) is 15.4. The highest BCUT2D eigenvalue weighted by molar-refractivity contribution is 6.15. The summed E-state index contributed by atoms with van der Waals surface area (Å²) in [5.74, 6) is 0.946. The lowest BCUT2D eigenvalue weighted by Gasteiger charge is -2.36. The molecule has 0 atom stereocenters. The molecule has 0 fully saturated rings. The first kappa shape index (κ1) is 28.7. The summed E-state index contributed by atoms with van der Waals surface area (Å²) in [5, 5.41) is 17.4. The molecule has 48 heavy (non-hydrogen) atoms. The second-order valence-corrected chi connectivity index (χ2v) is 10.8. The van der Waals surface area contributed by atoms with Gasteiger partial charge in [0.1, 0.15) is 17.1 Å². The van der Waals surface area contributed by atoms with Gasteiger partial charge in [0.05, 0.1) is 10.8 Å². The standard InChI is InChI=1S/C38H28N10/c1-5-13-33(14-6-1)45-37(41-47(43-45)35-17-9-3-10-18-35)39-31-25-21-29(22-26-31)30-23-27-32(28-24-30)40-38-42-48(36-19-11-4-12-20-36)44-46(38)34-15-7-2-8-16-34/h1-28H. The molecule has 0 saturated heterocycles. The summed E-state index contributed by atoms with van der Waals surface area (Å²) in [5.41, 5.74) is 11.8. The minimum absolute atomic E-state index is 0.473. The third-order valence-corrected chi connectivity index (χ3v) is 7.60. The lowest BCUT2D eigenvalue weighted by molar-refractivity contribution is -0.648. The fourth-order valence-electron chi connectivity index (χ4n) is 5.18. The van der Waals surface area contributed by atoms with E-state index in [-0.39, 0.29) is 0 Å². The fraction of sp³-hybridized carbons (Fsp3) is 0. The molecule has 0 radical (unpaired) electrons. The molecule has 230 valence electrons. The zero-order valence-electron chi connectivity index (χ0n) is 25.6. The van der Waals surface area contributed by atoms with Crippen LogP contribution in [0.25, 0.3) is 16.9 Å². The van der Waals surface area contributed by atoms with E-state index in [1.54, 1.807) is 19.6 Å². The molecule has 0 amide bonds. The number of nitrogens with zero attached hydrogens (tertiary/aromatic N) is 10. The summed E-state index contributed by atoms with van der Waals surface area (Å²) in [6.07, 6.45) is 16.1. The van der Waals surface area contributed by atoms with Crippen LogP contribution in [0.15, 0.2) is 196 Å². The number of hydrogen-bond acceptors (Lipinski definition) is 7. The zero-order chi connectivity index (χ0) is 32.1. The Morgan fingerprint density at radius 1 is 0.521 bits per heavy atom. The monoisotopic (exact) mass is 624 g/mol. The Hall–Kier alpha value is -6.78. The van der Waals surface area contributed by atoms with E-state index in [2.05, 4.69) is 0 Å². The van der Waals surface area contributed by atoms with Crippen molar-refractivity contribution in [1.29, 1.82) is 0 Å². The number of rotatable bonds is 5. The third-order valence-electron chi connectivity index (χ3n) is 7.60. The molecular formula is C38H28N10. The first-order valence-corrected chi connectivity index (χ1v) is 15.4. The van der Waals surface area contributed by atoms with E-state index in [4.69, 9.17) is 30.9 Å². The predicted octanol–water partition coefficient (Wildman–Crippen LogP) is 7.11. The van der Waals surface area contributed by atoms with Crippen molar-refractivity contribution >= 4 is 34.7 Å². The predicted molar refractivity (Wildman–Crippen MR) is 190 cm³/mol. The molecule has 0 saturated carbocycles. The number of allylic oxidation sites excluding steroid dienone is 10.